The van der Waals surface area contributed by atoms with E-state index in [1.165, 1.54) is 37.6 Å². The normalized spacial score (nSPS) is 20.2. The molecule has 0 spiro atoms. The van der Waals surface area contributed by atoms with Crippen molar-refractivity contribution in [1.29, 1.82) is 5.26 Å². The molecule has 0 radical (unpaired) electrons. The van der Waals surface area contributed by atoms with E-state index >= 15 is 0 Å². The summed E-state index contributed by atoms with van der Waals surface area (Å²) in [5.41, 5.74) is 8.42. The maximum atomic E-state index is 10.1. The van der Waals surface area contributed by atoms with Crippen molar-refractivity contribution in [3.05, 3.63) is 41.7 Å². The van der Waals surface area contributed by atoms with Crippen LogP contribution in [0.5, 0.6) is 0 Å². The summed E-state index contributed by atoms with van der Waals surface area (Å²) in [7, 11) is 4.28. The number of nitrogens with zero attached hydrogens (tertiary/aromatic N) is 6. The Morgan fingerprint density at radius 3 is 2.77 bits per heavy atom. The largest absolute Gasteiger partial charge is 0.370 e. The maximum absolute atomic E-state index is 10.1. The van der Waals surface area contributed by atoms with E-state index < -0.39 is 0 Å². The third-order valence-electron chi connectivity index (χ3n) is 8.11. The number of fused-ring (bicyclic) bond motifs is 2. The third kappa shape index (κ3) is 4.02. The van der Waals surface area contributed by atoms with Crippen LogP contribution in [-0.4, -0.2) is 54.4 Å². The zero-order valence-electron chi connectivity index (χ0n) is 20.9. The number of aromatic nitrogens is 2. The SMILES string of the molecule is CN(C)CC1CCN(c2cc(-c3ccc4c(c3)ncn4C3CCCCC3)c3c(c2C#N)CC=N3)C1. The Kier molecular flexibility index (Phi) is 5.82. The molecule has 6 heteroatoms. The summed E-state index contributed by atoms with van der Waals surface area (Å²) < 4.78 is 2.39. The average Bonchev–Trinajstić information content (AvgIpc) is 3.62. The van der Waals surface area contributed by atoms with Crippen molar-refractivity contribution in [3.8, 4) is 17.2 Å². The minimum atomic E-state index is 0.570. The molecule has 2 fully saturated rings. The van der Waals surface area contributed by atoms with Gasteiger partial charge in [0.15, 0.2) is 0 Å². The smallest absolute Gasteiger partial charge is 0.102 e. The molecule has 1 aliphatic carbocycles. The molecule has 1 aromatic heterocycles. The summed E-state index contributed by atoms with van der Waals surface area (Å²) >= 11 is 0. The first-order chi connectivity index (χ1) is 17.1. The molecule has 180 valence electrons. The Bertz CT molecular complexity index is 1320. The van der Waals surface area contributed by atoms with E-state index in [-0.39, 0.29) is 0 Å². The lowest BCUT2D eigenvalue weighted by Gasteiger charge is -2.24. The minimum absolute atomic E-state index is 0.570. The lowest BCUT2D eigenvalue weighted by molar-refractivity contribution is 0.340. The molecule has 1 saturated carbocycles. The molecule has 1 unspecified atom stereocenters. The lowest BCUT2D eigenvalue weighted by Crippen LogP contribution is -2.26. The van der Waals surface area contributed by atoms with Crippen molar-refractivity contribution in [2.45, 2.75) is 51.0 Å². The fraction of sp³-hybridized carbons (Fsp3) is 0.483. The number of imidazole rings is 1. The van der Waals surface area contributed by atoms with Crippen LogP contribution in [-0.2, 0) is 6.42 Å². The minimum Gasteiger partial charge on any atom is -0.370 e. The van der Waals surface area contributed by atoms with Crippen LogP contribution in [0.1, 0.15) is 55.7 Å². The average molecular weight is 467 g/mol. The number of hydrogen-bond donors (Lipinski definition) is 0. The number of hydrogen-bond acceptors (Lipinski definition) is 5. The standard InChI is InChI=1S/C29H34N6/c1-33(2)17-20-11-13-34(18-20)28-15-24(29-23(10-12-31-29)25(28)16-30)21-8-9-27-26(14-21)32-19-35(27)22-6-4-3-5-7-22/h8-9,12,14-15,19-20,22H,3-7,10-11,13,17-18H2,1-2H3. The molecule has 35 heavy (non-hydrogen) atoms. The zero-order valence-corrected chi connectivity index (χ0v) is 20.9. The van der Waals surface area contributed by atoms with Crippen LogP contribution in [0, 0.1) is 17.2 Å². The molecule has 3 aromatic rings. The van der Waals surface area contributed by atoms with Crippen molar-refractivity contribution in [1.82, 2.24) is 14.5 Å². The fourth-order valence-electron chi connectivity index (χ4n) is 6.45. The van der Waals surface area contributed by atoms with E-state index in [4.69, 9.17) is 9.98 Å². The van der Waals surface area contributed by atoms with Gasteiger partial charge in [0.05, 0.1) is 34.3 Å². The molecule has 0 bridgehead atoms. The first-order valence-corrected chi connectivity index (χ1v) is 13.1. The Balaban J connectivity index is 1.40. The number of rotatable bonds is 5. The molecule has 0 amide bonds. The second-order valence-electron chi connectivity index (χ2n) is 10.8. The lowest BCUT2D eigenvalue weighted by atomic mass is 9.93. The van der Waals surface area contributed by atoms with Crippen LogP contribution < -0.4 is 4.90 Å². The molecule has 6 nitrogen and oxygen atoms in total. The predicted octanol–water partition coefficient (Wildman–Crippen LogP) is 5.73. The van der Waals surface area contributed by atoms with Gasteiger partial charge in [-0.25, -0.2) is 4.98 Å². The number of nitriles is 1. The van der Waals surface area contributed by atoms with Crippen molar-refractivity contribution in [2.24, 2.45) is 10.9 Å². The van der Waals surface area contributed by atoms with Gasteiger partial charge in [-0.2, -0.15) is 5.26 Å². The Morgan fingerprint density at radius 2 is 1.97 bits per heavy atom. The highest BCUT2D eigenvalue weighted by Gasteiger charge is 2.29. The van der Waals surface area contributed by atoms with Gasteiger partial charge in [0.2, 0.25) is 0 Å². The van der Waals surface area contributed by atoms with Crippen molar-refractivity contribution >= 4 is 28.6 Å². The van der Waals surface area contributed by atoms with Gasteiger partial charge in [0.25, 0.3) is 0 Å². The molecule has 3 heterocycles. The van der Waals surface area contributed by atoms with Crippen LogP contribution in [0.25, 0.3) is 22.2 Å². The van der Waals surface area contributed by atoms with Crippen molar-refractivity contribution in [2.75, 3.05) is 38.6 Å². The molecule has 1 atom stereocenters. The van der Waals surface area contributed by atoms with E-state index in [9.17, 15) is 5.26 Å². The van der Waals surface area contributed by atoms with Gasteiger partial charge in [-0.1, -0.05) is 25.3 Å². The van der Waals surface area contributed by atoms with E-state index in [1.807, 2.05) is 12.5 Å². The molecular weight excluding hydrogens is 432 g/mol. The van der Waals surface area contributed by atoms with Gasteiger partial charge >= 0.3 is 0 Å². The molecule has 2 aliphatic heterocycles. The molecule has 0 N–H and O–H groups in total. The molecule has 1 saturated heterocycles. The van der Waals surface area contributed by atoms with E-state index in [0.29, 0.717) is 12.0 Å². The van der Waals surface area contributed by atoms with Crippen LogP contribution in [0.4, 0.5) is 11.4 Å². The van der Waals surface area contributed by atoms with Crippen LogP contribution in [0.15, 0.2) is 35.6 Å². The molecule has 3 aliphatic rings. The topological polar surface area (TPSA) is 60.5 Å². The maximum Gasteiger partial charge on any atom is 0.102 e. The number of anilines is 1. The van der Waals surface area contributed by atoms with E-state index in [2.05, 4.69) is 58.8 Å². The van der Waals surface area contributed by atoms with Gasteiger partial charge in [-0.05, 0) is 63.0 Å². The van der Waals surface area contributed by atoms with Gasteiger partial charge < -0.3 is 14.4 Å². The summed E-state index contributed by atoms with van der Waals surface area (Å²) in [5.74, 6) is 0.629. The number of benzene rings is 2. The first kappa shape index (κ1) is 22.3. The second-order valence-corrected chi connectivity index (χ2v) is 10.8. The predicted molar refractivity (Wildman–Crippen MR) is 143 cm³/mol. The highest BCUT2D eigenvalue weighted by molar-refractivity contribution is 5.94. The summed E-state index contributed by atoms with van der Waals surface area (Å²) in [5, 5.41) is 10.1. The fourth-order valence-corrected chi connectivity index (χ4v) is 6.45. The summed E-state index contributed by atoms with van der Waals surface area (Å²) in [6.07, 6.45) is 12.4. The monoisotopic (exact) mass is 466 g/mol. The van der Waals surface area contributed by atoms with Crippen LogP contribution >= 0.6 is 0 Å². The first-order valence-electron chi connectivity index (χ1n) is 13.1. The Morgan fingerprint density at radius 1 is 1.11 bits per heavy atom. The van der Waals surface area contributed by atoms with E-state index in [1.54, 1.807) is 0 Å². The van der Waals surface area contributed by atoms with Gasteiger partial charge in [0.1, 0.15) is 6.07 Å². The zero-order chi connectivity index (χ0) is 23.9. The third-order valence-corrected chi connectivity index (χ3v) is 8.11. The Labute approximate surface area is 207 Å². The quantitative estimate of drug-likeness (QED) is 0.482. The van der Waals surface area contributed by atoms with Gasteiger partial charge in [-0.3, -0.25) is 4.99 Å². The highest BCUT2D eigenvalue weighted by atomic mass is 15.2. The van der Waals surface area contributed by atoms with Crippen LogP contribution in [0.3, 0.4) is 0 Å². The summed E-state index contributed by atoms with van der Waals surface area (Å²) in [6.45, 7) is 3.08. The molecular formula is C29H34N6. The highest BCUT2D eigenvalue weighted by Crippen LogP contribution is 2.44. The summed E-state index contributed by atoms with van der Waals surface area (Å²) in [6, 6.07) is 12.0. The Hall–Kier alpha value is -3.17. The van der Waals surface area contributed by atoms with Gasteiger partial charge in [0, 0.05) is 49.4 Å². The van der Waals surface area contributed by atoms with Crippen LogP contribution in [0.2, 0.25) is 0 Å². The molecule has 2 aromatic carbocycles. The van der Waals surface area contributed by atoms with Crippen molar-refractivity contribution < 1.29 is 0 Å². The van der Waals surface area contributed by atoms with Gasteiger partial charge in [-0.15, -0.1) is 0 Å². The second kappa shape index (κ2) is 9.13. The summed E-state index contributed by atoms with van der Waals surface area (Å²) in [4.78, 5) is 14.2. The van der Waals surface area contributed by atoms with E-state index in [0.717, 1.165) is 71.6 Å². The van der Waals surface area contributed by atoms with Crippen molar-refractivity contribution in [3.63, 3.8) is 0 Å². The number of aliphatic imine (C=N–C) groups is 1. The molecule has 6 rings (SSSR count).